The number of sulfonamides is 1. The highest BCUT2D eigenvalue weighted by Crippen LogP contribution is 2.34. The predicted octanol–water partition coefficient (Wildman–Crippen LogP) is 3.35. The number of benzene rings is 2. The van der Waals surface area contributed by atoms with Crippen molar-refractivity contribution in [1.82, 2.24) is 19.5 Å². The van der Waals surface area contributed by atoms with Crippen molar-refractivity contribution in [2.75, 3.05) is 11.1 Å². The number of alkyl halides is 3. The Labute approximate surface area is 192 Å². The summed E-state index contributed by atoms with van der Waals surface area (Å²) in [5.41, 5.74) is -0.347. The van der Waals surface area contributed by atoms with Crippen molar-refractivity contribution in [3.05, 3.63) is 65.5 Å². The van der Waals surface area contributed by atoms with Crippen LogP contribution in [-0.4, -0.2) is 34.8 Å². The summed E-state index contributed by atoms with van der Waals surface area (Å²) in [6.45, 7) is 1.71. The molecule has 0 aliphatic heterocycles. The van der Waals surface area contributed by atoms with Gasteiger partial charge in [0, 0.05) is 7.05 Å². The van der Waals surface area contributed by atoms with Gasteiger partial charge in [0.15, 0.2) is 5.16 Å². The average molecular weight is 500 g/mol. The number of halogens is 3. The summed E-state index contributed by atoms with van der Waals surface area (Å²) in [6.07, 6.45) is -4.60. The molecule has 2 aromatic carbocycles. The molecule has 0 saturated carbocycles. The number of aromatic nitrogens is 3. The lowest BCUT2D eigenvalue weighted by Gasteiger charge is -2.13. The summed E-state index contributed by atoms with van der Waals surface area (Å²) in [5.74, 6) is -0.565. The molecule has 0 aliphatic rings. The minimum Gasteiger partial charge on any atom is -0.325 e. The molecule has 0 saturated heterocycles. The maximum atomic E-state index is 13.1. The lowest BCUT2D eigenvalue weighted by molar-refractivity contribution is -0.137. The van der Waals surface area contributed by atoms with Gasteiger partial charge in [-0.05, 0) is 31.2 Å². The van der Waals surface area contributed by atoms with Crippen LogP contribution >= 0.6 is 11.8 Å². The van der Waals surface area contributed by atoms with Gasteiger partial charge >= 0.3 is 6.18 Å². The maximum absolute atomic E-state index is 13.1. The number of nitrogens with one attached hydrogen (secondary N) is 2. The Hall–Kier alpha value is -2.90. The Morgan fingerprint density at radius 3 is 2.42 bits per heavy atom. The molecule has 2 N–H and O–H groups in total. The van der Waals surface area contributed by atoms with Crippen LogP contribution in [0.2, 0.25) is 0 Å². The fraction of sp³-hybridized carbons (Fsp3) is 0.250. The van der Waals surface area contributed by atoms with E-state index in [-0.39, 0.29) is 22.9 Å². The van der Waals surface area contributed by atoms with Crippen LogP contribution in [0.4, 0.5) is 18.9 Å². The van der Waals surface area contributed by atoms with E-state index in [1.54, 1.807) is 19.2 Å². The molecule has 0 fully saturated rings. The third-order valence-electron chi connectivity index (χ3n) is 4.52. The van der Waals surface area contributed by atoms with Crippen molar-refractivity contribution in [3.63, 3.8) is 0 Å². The highest BCUT2D eigenvalue weighted by Gasteiger charge is 2.33. The number of nitrogens with zero attached hydrogens (tertiary/aromatic N) is 3. The van der Waals surface area contributed by atoms with Gasteiger partial charge in [-0.2, -0.15) is 13.2 Å². The number of anilines is 1. The number of para-hydroxylation sites is 1. The molecule has 0 aliphatic carbocycles. The van der Waals surface area contributed by atoms with Crippen molar-refractivity contribution in [2.45, 2.75) is 29.7 Å². The van der Waals surface area contributed by atoms with Crippen LogP contribution in [0.25, 0.3) is 0 Å². The van der Waals surface area contributed by atoms with E-state index in [2.05, 4.69) is 20.2 Å². The molecular weight excluding hydrogens is 479 g/mol. The minimum absolute atomic E-state index is 0.112. The third-order valence-corrected chi connectivity index (χ3v) is 6.95. The van der Waals surface area contributed by atoms with Crippen LogP contribution in [0.3, 0.4) is 0 Å². The molecule has 1 heterocycles. The predicted molar refractivity (Wildman–Crippen MR) is 117 cm³/mol. The molecule has 8 nitrogen and oxygen atoms in total. The van der Waals surface area contributed by atoms with Gasteiger partial charge in [-0.1, -0.05) is 41.6 Å². The number of hydrogen-bond acceptors (Lipinski definition) is 6. The van der Waals surface area contributed by atoms with Gasteiger partial charge in [0.25, 0.3) is 0 Å². The summed E-state index contributed by atoms with van der Waals surface area (Å²) in [4.78, 5) is 12.3. The molecule has 0 bridgehead atoms. The first kappa shape index (κ1) is 24.7. The van der Waals surface area contributed by atoms with Gasteiger partial charge in [-0.15, -0.1) is 10.2 Å². The third kappa shape index (κ3) is 6.33. The maximum Gasteiger partial charge on any atom is 0.418 e. The van der Waals surface area contributed by atoms with Crippen LogP contribution < -0.4 is 10.0 Å². The van der Waals surface area contributed by atoms with Crippen LogP contribution in [-0.2, 0) is 34.6 Å². The molecule has 1 amide bonds. The van der Waals surface area contributed by atoms with Crippen molar-refractivity contribution in [2.24, 2.45) is 7.05 Å². The number of amides is 1. The Bertz CT molecular complexity index is 1240. The second kappa shape index (κ2) is 9.93. The molecule has 1 aromatic heterocycles. The zero-order valence-electron chi connectivity index (χ0n) is 17.5. The summed E-state index contributed by atoms with van der Waals surface area (Å²) < 4.78 is 67.9. The van der Waals surface area contributed by atoms with E-state index in [1.165, 1.54) is 34.9 Å². The Kier molecular flexibility index (Phi) is 7.44. The fourth-order valence-corrected chi connectivity index (χ4v) is 4.45. The molecule has 3 rings (SSSR count). The molecule has 0 radical (unpaired) electrons. The van der Waals surface area contributed by atoms with Gasteiger partial charge in [0.2, 0.25) is 15.9 Å². The second-order valence-corrected chi connectivity index (χ2v) is 9.69. The first-order valence-corrected chi connectivity index (χ1v) is 12.0. The van der Waals surface area contributed by atoms with Gasteiger partial charge in [-0.25, -0.2) is 13.1 Å². The van der Waals surface area contributed by atoms with E-state index < -0.39 is 27.7 Å². The lowest BCUT2D eigenvalue weighted by Crippen LogP contribution is -2.24. The average Bonchev–Trinajstić information content (AvgIpc) is 3.10. The van der Waals surface area contributed by atoms with Crippen molar-refractivity contribution < 1.29 is 26.4 Å². The van der Waals surface area contributed by atoms with Gasteiger partial charge in [0.1, 0.15) is 5.82 Å². The van der Waals surface area contributed by atoms with E-state index in [0.717, 1.165) is 23.4 Å². The van der Waals surface area contributed by atoms with E-state index >= 15 is 0 Å². The summed E-state index contributed by atoms with van der Waals surface area (Å²) in [7, 11) is -2.16. The molecule has 0 spiro atoms. The molecule has 3 aromatic rings. The SMILES string of the molecule is Cc1ccc(S(=O)(=O)NCc2nnc(SCC(=O)Nc3ccccc3C(F)(F)F)n2C)cc1. The van der Waals surface area contributed by atoms with Crippen LogP contribution in [0.1, 0.15) is 17.0 Å². The zero-order chi connectivity index (χ0) is 24.2. The van der Waals surface area contributed by atoms with Gasteiger partial charge in [-0.3, -0.25) is 4.79 Å². The number of hydrogen-bond donors (Lipinski definition) is 2. The summed E-state index contributed by atoms with van der Waals surface area (Å²) in [5, 5.41) is 10.4. The fourth-order valence-electron chi connectivity index (χ4n) is 2.74. The largest absolute Gasteiger partial charge is 0.418 e. The standard InChI is InChI=1S/C20H20F3N5O3S2/c1-13-7-9-14(10-8-13)33(30,31)24-11-17-26-27-19(28(17)2)32-12-18(29)25-16-6-4-3-5-15(16)20(21,22)23/h3-10,24H,11-12H2,1-2H3,(H,25,29). The van der Waals surface area contributed by atoms with Crippen molar-refractivity contribution >= 4 is 33.4 Å². The monoisotopic (exact) mass is 499 g/mol. The normalized spacial score (nSPS) is 12.0. The van der Waals surface area contributed by atoms with Crippen LogP contribution in [0, 0.1) is 6.92 Å². The molecule has 0 atom stereocenters. The number of aryl methyl sites for hydroxylation is 1. The number of carbonyl (C=O) groups excluding carboxylic acids is 1. The first-order chi connectivity index (χ1) is 15.5. The van der Waals surface area contributed by atoms with Crippen molar-refractivity contribution in [1.29, 1.82) is 0 Å². The van der Waals surface area contributed by atoms with Crippen LogP contribution in [0.15, 0.2) is 58.6 Å². The van der Waals surface area contributed by atoms with Crippen molar-refractivity contribution in [3.8, 4) is 0 Å². The molecule has 13 heteroatoms. The number of rotatable bonds is 8. The smallest absolute Gasteiger partial charge is 0.325 e. The second-order valence-electron chi connectivity index (χ2n) is 6.98. The Balaban J connectivity index is 1.59. The lowest BCUT2D eigenvalue weighted by atomic mass is 10.1. The zero-order valence-corrected chi connectivity index (χ0v) is 19.2. The quantitative estimate of drug-likeness (QED) is 0.461. The van der Waals surface area contributed by atoms with Gasteiger partial charge in [0.05, 0.1) is 28.4 Å². The molecule has 33 heavy (non-hydrogen) atoms. The minimum atomic E-state index is -4.60. The molecule has 176 valence electrons. The van der Waals surface area contributed by atoms with E-state index in [0.29, 0.717) is 11.0 Å². The Morgan fingerprint density at radius 2 is 1.76 bits per heavy atom. The first-order valence-electron chi connectivity index (χ1n) is 9.51. The van der Waals surface area contributed by atoms with Crippen LogP contribution in [0.5, 0.6) is 0 Å². The summed E-state index contributed by atoms with van der Waals surface area (Å²) in [6, 6.07) is 11.0. The highest BCUT2D eigenvalue weighted by atomic mass is 32.2. The highest BCUT2D eigenvalue weighted by molar-refractivity contribution is 7.99. The molecular formula is C20H20F3N5O3S2. The van der Waals surface area contributed by atoms with E-state index in [1.807, 2.05) is 6.92 Å². The number of thioether (sulfide) groups is 1. The Morgan fingerprint density at radius 1 is 1.09 bits per heavy atom. The summed E-state index contributed by atoms with van der Waals surface area (Å²) >= 11 is 0.959. The topological polar surface area (TPSA) is 106 Å². The number of carbonyl (C=O) groups is 1. The molecule has 0 unspecified atom stereocenters. The van der Waals surface area contributed by atoms with E-state index in [9.17, 15) is 26.4 Å². The van der Waals surface area contributed by atoms with Gasteiger partial charge < -0.3 is 9.88 Å². The van der Waals surface area contributed by atoms with E-state index in [4.69, 9.17) is 0 Å².